The second-order valence-corrected chi connectivity index (χ2v) is 12.7. The number of aryl methyl sites for hydroxylation is 5. The lowest BCUT2D eigenvalue weighted by atomic mass is 10.0. The number of allylic oxidation sites excluding steroid dienone is 2. The highest BCUT2D eigenvalue weighted by atomic mass is 16.3. The molecule has 0 heterocycles. The van der Waals surface area contributed by atoms with E-state index in [1.807, 2.05) is 121 Å². The van der Waals surface area contributed by atoms with E-state index in [4.69, 9.17) is 0 Å². The fourth-order valence-corrected chi connectivity index (χ4v) is 4.83. The molecule has 0 aliphatic heterocycles. The molecule has 5 N–H and O–H groups in total. The highest BCUT2D eigenvalue weighted by Gasteiger charge is 2.03. The molecule has 0 unspecified atom stereocenters. The summed E-state index contributed by atoms with van der Waals surface area (Å²) in [6, 6.07) is 27.8. The fraction of sp³-hybridized carbons (Fsp3) is 0.184. The average molecular weight is 727 g/mol. The summed E-state index contributed by atoms with van der Waals surface area (Å²) in [4.78, 5) is 0. The third-order valence-electron chi connectivity index (χ3n) is 8.27. The molecule has 0 aromatic heterocycles. The third-order valence-corrected chi connectivity index (χ3v) is 8.27. The van der Waals surface area contributed by atoms with Crippen LogP contribution < -0.4 is 0 Å². The fourth-order valence-electron chi connectivity index (χ4n) is 4.83. The maximum absolute atomic E-state index is 9.51. The normalized spacial score (nSPS) is 9.54. The molecule has 284 valence electrons. The topological polar surface area (TPSA) is 101 Å². The van der Waals surface area contributed by atoms with E-state index in [0.717, 1.165) is 79.6 Å². The average Bonchev–Trinajstić information content (AvgIpc) is 3.15. The quantitative estimate of drug-likeness (QED) is 0.115. The van der Waals surface area contributed by atoms with Crippen LogP contribution in [0.5, 0.6) is 28.7 Å². The zero-order chi connectivity index (χ0) is 41.0. The molecule has 5 nitrogen and oxygen atoms in total. The SMILES string of the molecule is C=C(C)c1ccc(O)c(CC)c1.C=C(C)c1cccc(C)c1O.C=Cc1ccc(C)cc1O.C=Cc1ccc(O)c(CC)c1.C=Cc1cccc(C)c1O. The van der Waals surface area contributed by atoms with Crippen molar-refractivity contribution in [1.29, 1.82) is 0 Å². The van der Waals surface area contributed by atoms with Gasteiger partial charge in [-0.05, 0) is 122 Å². The summed E-state index contributed by atoms with van der Waals surface area (Å²) in [7, 11) is 0. The van der Waals surface area contributed by atoms with Crippen LogP contribution in [0.4, 0.5) is 0 Å². The molecule has 0 saturated carbocycles. The molecule has 5 heteroatoms. The summed E-state index contributed by atoms with van der Waals surface area (Å²) >= 11 is 0. The number of phenols is 5. The first-order valence-corrected chi connectivity index (χ1v) is 17.7. The molecular weight excluding hydrogens is 669 g/mol. The van der Waals surface area contributed by atoms with Crippen LogP contribution in [-0.4, -0.2) is 25.5 Å². The van der Waals surface area contributed by atoms with Crippen molar-refractivity contribution in [3.8, 4) is 28.7 Å². The number of para-hydroxylation sites is 2. The van der Waals surface area contributed by atoms with Gasteiger partial charge in [0.05, 0.1) is 0 Å². The second-order valence-electron chi connectivity index (χ2n) is 12.7. The molecule has 5 aromatic rings. The Hall–Kier alpha value is -6.20. The number of benzene rings is 5. The van der Waals surface area contributed by atoms with E-state index in [-0.39, 0.29) is 0 Å². The van der Waals surface area contributed by atoms with Crippen molar-refractivity contribution in [1.82, 2.24) is 0 Å². The Morgan fingerprint density at radius 2 is 1.07 bits per heavy atom. The maximum Gasteiger partial charge on any atom is 0.125 e. The first kappa shape index (κ1) is 45.8. The third kappa shape index (κ3) is 14.8. The van der Waals surface area contributed by atoms with Gasteiger partial charge in [0.1, 0.15) is 28.7 Å². The Morgan fingerprint density at radius 1 is 0.537 bits per heavy atom. The van der Waals surface area contributed by atoms with Gasteiger partial charge in [-0.25, -0.2) is 0 Å². The molecule has 0 aliphatic rings. The van der Waals surface area contributed by atoms with Gasteiger partial charge in [-0.2, -0.15) is 0 Å². The summed E-state index contributed by atoms with van der Waals surface area (Å²) in [5.41, 5.74) is 11.3. The van der Waals surface area contributed by atoms with Crippen molar-refractivity contribution < 1.29 is 25.5 Å². The molecule has 0 bridgehead atoms. The largest absolute Gasteiger partial charge is 0.508 e. The van der Waals surface area contributed by atoms with Gasteiger partial charge >= 0.3 is 0 Å². The van der Waals surface area contributed by atoms with Gasteiger partial charge in [-0.15, -0.1) is 0 Å². The minimum Gasteiger partial charge on any atom is -0.508 e. The Kier molecular flexibility index (Phi) is 19.8. The van der Waals surface area contributed by atoms with Crippen LogP contribution in [0.15, 0.2) is 124 Å². The minimum absolute atomic E-state index is 0.301. The molecule has 54 heavy (non-hydrogen) atoms. The lowest BCUT2D eigenvalue weighted by molar-refractivity contribution is 0.468. The molecule has 5 rings (SSSR count). The van der Waals surface area contributed by atoms with Crippen LogP contribution in [-0.2, 0) is 12.8 Å². The van der Waals surface area contributed by atoms with E-state index >= 15 is 0 Å². The van der Waals surface area contributed by atoms with E-state index in [9.17, 15) is 25.5 Å². The summed E-state index contributed by atoms with van der Waals surface area (Å²) in [6.45, 7) is 32.0. The van der Waals surface area contributed by atoms with Gasteiger partial charge in [0.2, 0.25) is 0 Å². The molecular formula is C49H58O5. The monoisotopic (exact) mass is 726 g/mol. The number of hydrogen-bond donors (Lipinski definition) is 5. The number of aromatic hydroxyl groups is 5. The molecule has 0 fully saturated rings. The lowest BCUT2D eigenvalue weighted by Crippen LogP contribution is -1.84. The predicted molar refractivity (Wildman–Crippen MR) is 233 cm³/mol. The van der Waals surface area contributed by atoms with Crippen LogP contribution in [0.1, 0.15) is 83.3 Å². The molecule has 0 spiro atoms. The standard InChI is InChI=1S/C11H14O.2C10H12O.2C9H10O/c1-4-9-7-10(8(2)3)5-6-11(9)12;1-7(2)9-6-4-5-8(3)10(9)11;1-3-8-5-6-10(11)9(4-2)7-8;1-3-8-5-4-7(2)6-9(8)10;1-3-8-6-4-5-7(2)9(8)10/h5-7,12H,2,4H2,1,3H3;4-6,11H,1H2,2-3H3;3,5-7,11H,1,4H2,2H3;2*3-6,10H,1H2,2H3. The van der Waals surface area contributed by atoms with Crippen LogP contribution in [0.3, 0.4) is 0 Å². The van der Waals surface area contributed by atoms with Gasteiger partial charge < -0.3 is 25.5 Å². The van der Waals surface area contributed by atoms with E-state index in [0.29, 0.717) is 28.7 Å². The van der Waals surface area contributed by atoms with Crippen molar-refractivity contribution in [2.75, 3.05) is 0 Å². The Bertz CT molecular complexity index is 2030. The van der Waals surface area contributed by atoms with Gasteiger partial charge in [-0.1, -0.05) is 131 Å². The molecule has 0 saturated heterocycles. The highest BCUT2D eigenvalue weighted by Crippen LogP contribution is 2.27. The van der Waals surface area contributed by atoms with E-state index < -0.39 is 0 Å². The number of hydrogen-bond acceptors (Lipinski definition) is 5. The van der Waals surface area contributed by atoms with Gasteiger partial charge in [-0.3, -0.25) is 0 Å². The van der Waals surface area contributed by atoms with Crippen molar-refractivity contribution in [3.05, 3.63) is 180 Å². The minimum atomic E-state index is 0.301. The smallest absolute Gasteiger partial charge is 0.125 e. The predicted octanol–water partition coefficient (Wildman–Crippen LogP) is 13.0. The first-order valence-electron chi connectivity index (χ1n) is 17.7. The van der Waals surface area contributed by atoms with Crippen molar-refractivity contribution in [3.63, 3.8) is 0 Å². The lowest BCUT2D eigenvalue weighted by Gasteiger charge is -2.04. The second kappa shape index (κ2) is 23.4. The Labute approximate surface area is 323 Å². The van der Waals surface area contributed by atoms with Crippen LogP contribution in [0.25, 0.3) is 29.4 Å². The maximum atomic E-state index is 9.51. The van der Waals surface area contributed by atoms with Gasteiger partial charge in [0.15, 0.2) is 0 Å². The summed E-state index contributed by atoms with van der Waals surface area (Å²) in [5, 5.41) is 46.7. The summed E-state index contributed by atoms with van der Waals surface area (Å²) in [5.74, 6) is 1.73. The van der Waals surface area contributed by atoms with Crippen molar-refractivity contribution in [2.24, 2.45) is 0 Å². The van der Waals surface area contributed by atoms with Crippen molar-refractivity contribution in [2.45, 2.75) is 61.3 Å². The zero-order valence-electron chi connectivity index (χ0n) is 33.1. The molecule has 5 aromatic carbocycles. The van der Waals surface area contributed by atoms with Gasteiger partial charge in [0.25, 0.3) is 0 Å². The van der Waals surface area contributed by atoms with Crippen LogP contribution in [0, 0.1) is 20.8 Å². The number of phenolic OH excluding ortho intramolecular Hbond substituents is 5. The van der Waals surface area contributed by atoms with E-state index in [2.05, 4.69) is 32.9 Å². The highest BCUT2D eigenvalue weighted by molar-refractivity contribution is 5.68. The molecule has 0 aliphatic carbocycles. The summed E-state index contributed by atoms with van der Waals surface area (Å²) in [6.07, 6.45) is 6.76. The van der Waals surface area contributed by atoms with Crippen LogP contribution in [0.2, 0.25) is 0 Å². The zero-order valence-corrected chi connectivity index (χ0v) is 33.1. The molecule has 0 atom stereocenters. The van der Waals surface area contributed by atoms with Crippen molar-refractivity contribution >= 4 is 29.4 Å². The Balaban J connectivity index is 0.000000338. The molecule has 0 amide bonds. The van der Waals surface area contributed by atoms with E-state index in [1.54, 1.807) is 36.4 Å². The van der Waals surface area contributed by atoms with Gasteiger partial charge in [0, 0.05) is 16.7 Å². The first-order chi connectivity index (χ1) is 25.5. The molecule has 0 radical (unpaired) electrons. The Morgan fingerprint density at radius 3 is 1.54 bits per heavy atom. The number of rotatable bonds is 7. The summed E-state index contributed by atoms with van der Waals surface area (Å²) < 4.78 is 0. The van der Waals surface area contributed by atoms with E-state index in [1.165, 1.54) is 0 Å². The van der Waals surface area contributed by atoms with Crippen LogP contribution >= 0.6 is 0 Å².